The molecule has 6 nitrogen and oxygen atoms in total. The maximum absolute atomic E-state index is 11.9. The van der Waals surface area contributed by atoms with E-state index in [0.717, 1.165) is 17.4 Å². The summed E-state index contributed by atoms with van der Waals surface area (Å²) in [6, 6.07) is 3.53. The van der Waals surface area contributed by atoms with E-state index in [9.17, 15) is 4.79 Å². The fraction of sp³-hybridized carbons (Fsp3) is 0.250. The van der Waals surface area contributed by atoms with Gasteiger partial charge in [0.15, 0.2) is 0 Å². The maximum Gasteiger partial charge on any atom is 0.255 e. The fourth-order valence-electron chi connectivity index (χ4n) is 1.60. The first-order valence-corrected chi connectivity index (χ1v) is 6.63. The average molecular weight is 324 g/mol. The highest BCUT2D eigenvalue weighted by Crippen LogP contribution is 2.15. The van der Waals surface area contributed by atoms with E-state index in [2.05, 4.69) is 31.3 Å². The van der Waals surface area contributed by atoms with Gasteiger partial charge >= 0.3 is 0 Å². The van der Waals surface area contributed by atoms with E-state index >= 15 is 0 Å². The van der Waals surface area contributed by atoms with E-state index in [1.165, 1.54) is 0 Å². The van der Waals surface area contributed by atoms with Crippen LogP contribution < -0.4 is 11.1 Å². The summed E-state index contributed by atoms with van der Waals surface area (Å²) in [4.78, 5) is 15.8. The van der Waals surface area contributed by atoms with Crippen molar-refractivity contribution in [1.29, 1.82) is 0 Å². The molecule has 0 atom stereocenters. The molecule has 0 unspecified atom stereocenters. The highest BCUT2D eigenvalue weighted by molar-refractivity contribution is 9.10. The third kappa shape index (κ3) is 3.78. The zero-order chi connectivity index (χ0) is 13.7. The molecule has 3 N–H and O–H groups in total. The first kappa shape index (κ1) is 13.5. The smallest absolute Gasteiger partial charge is 0.255 e. The van der Waals surface area contributed by atoms with E-state index in [1.807, 2.05) is 16.9 Å². The first-order valence-electron chi connectivity index (χ1n) is 5.83. The maximum atomic E-state index is 11.9. The van der Waals surface area contributed by atoms with E-state index in [4.69, 9.17) is 5.73 Å². The second-order valence-corrected chi connectivity index (χ2v) is 4.88. The van der Waals surface area contributed by atoms with Crippen LogP contribution in [-0.4, -0.2) is 27.2 Å². The third-order valence-corrected chi connectivity index (χ3v) is 2.97. The van der Waals surface area contributed by atoms with Gasteiger partial charge in [0.05, 0.1) is 5.56 Å². The molecular weight excluding hydrogens is 310 g/mol. The number of amides is 1. The van der Waals surface area contributed by atoms with Crippen molar-refractivity contribution in [2.75, 3.05) is 12.3 Å². The summed E-state index contributed by atoms with van der Waals surface area (Å²) in [6.07, 6.45) is 5.98. The van der Waals surface area contributed by atoms with Crippen molar-refractivity contribution in [2.24, 2.45) is 0 Å². The van der Waals surface area contributed by atoms with Crippen LogP contribution >= 0.6 is 15.9 Å². The van der Waals surface area contributed by atoms with Crippen LogP contribution in [0.5, 0.6) is 0 Å². The highest BCUT2D eigenvalue weighted by atomic mass is 79.9. The molecule has 0 aliphatic heterocycles. The van der Waals surface area contributed by atoms with E-state index in [-0.39, 0.29) is 11.7 Å². The number of pyridine rings is 1. The molecule has 2 aromatic heterocycles. The third-order valence-electron chi connectivity index (χ3n) is 2.54. The van der Waals surface area contributed by atoms with Crippen LogP contribution in [0.25, 0.3) is 0 Å². The molecular formula is C12H14BrN5O. The second-order valence-electron chi connectivity index (χ2n) is 3.96. The Bertz CT molecular complexity index is 555. The van der Waals surface area contributed by atoms with Crippen LogP contribution in [0.1, 0.15) is 16.8 Å². The highest BCUT2D eigenvalue weighted by Gasteiger charge is 2.10. The van der Waals surface area contributed by atoms with Gasteiger partial charge in [0.25, 0.3) is 5.91 Å². The number of hydrogen-bond donors (Lipinski definition) is 2. The molecule has 2 heterocycles. The van der Waals surface area contributed by atoms with E-state index < -0.39 is 0 Å². The van der Waals surface area contributed by atoms with Crippen molar-refractivity contribution in [3.05, 3.63) is 40.8 Å². The Kier molecular flexibility index (Phi) is 4.51. The van der Waals surface area contributed by atoms with Gasteiger partial charge in [-0.2, -0.15) is 5.10 Å². The van der Waals surface area contributed by atoms with Crippen molar-refractivity contribution in [3.8, 4) is 0 Å². The summed E-state index contributed by atoms with van der Waals surface area (Å²) >= 11 is 3.26. The lowest BCUT2D eigenvalue weighted by Crippen LogP contribution is -2.26. The number of carbonyl (C=O) groups excluding carboxylic acids is 1. The number of rotatable bonds is 5. The van der Waals surface area contributed by atoms with Crippen LogP contribution in [-0.2, 0) is 6.54 Å². The molecule has 0 aromatic carbocycles. The van der Waals surface area contributed by atoms with Crippen LogP contribution in [0, 0.1) is 0 Å². The predicted octanol–water partition coefficient (Wildman–Crippen LogP) is 1.44. The average Bonchev–Trinajstić information content (AvgIpc) is 2.90. The van der Waals surface area contributed by atoms with Crippen LogP contribution in [0.3, 0.4) is 0 Å². The first-order chi connectivity index (χ1) is 9.16. The molecule has 0 fully saturated rings. The van der Waals surface area contributed by atoms with E-state index in [0.29, 0.717) is 12.1 Å². The van der Waals surface area contributed by atoms with Crippen LogP contribution in [0.15, 0.2) is 35.2 Å². The Morgan fingerprint density at radius 3 is 3.11 bits per heavy atom. The zero-order valence-corrected chi connectivity index (χ0v) is 11.8. The molecule has 0 radical (unpaired) electrons. The van der Waals surface area contributed by atoms with Gasteiger partial charge in [0.1, 0.15) is 5.82 Å². The molecule has 0 saturated carbocycles. The second kappa shape index (κ2) is 6.33. The van der Waals surface area contributed by atoms with Crippen molar-refractivity contribution in [2.45, 2.75) is 13.0 Å². The van der Waals surface area contributed by atoms with Crippen molar-refractivity contribution in [1.82, 2.24) is 20.1 Å². The number of aryl methyl sites for hydroxylation is 1. The summed E-state index contributed by atoms with van der Waals surface area (Å²) in [5, 5.41) is 6.89. The Morgan fingerprint density at radius 2 is 2.37 bits per heavy atom. The molecule has 2 rings (SSSR count). The number of hydrogen-bond acceptors (Lipinski definition) is 4. The number of nitrogen functional groups attached to an aromatic ring is 1. The lowest BCUT2D eigenvalue weighted by Gasteiger charge is -2.07. The van der Waals surface area contributed by atoms with E-state index in [1.54, 1.807) is 18.5 Å². The van der Waals surface area contributed by atoms with Crippen LogP contribution in [0.2, 0.25) is 0 Å². The normalized spacial score (nSPS) is 10.4. The lowest BCUT2D eigenvalue weighted by atomic mass is 10.2. The number of nitrogens with zero attached hydrogens (tertiary/aromatic N) is 3. The molecule has 0 bridgehead atoms. The van der Waals surface area contributed by atoms with Crippen molar-refractivity contribution in [3.63, 3.8) is 0 Å². The molecule has 0 aliphatic rings. The Labute approximate surface area is 119 Å². The minimum atomic E-state index is -0.216. The number of halogens is 1. The molecule has 1 amide bonds. The van der Waals surface area contributed by atoms with Crippen LogP contribution in [0.4, 0.5) is 5.82 Å². The van der Waals surface area contributed by atoms with Gasteiger partial charge in [0.2, 0.25) is 0 Å². The number of nitrogens with two attached hydrogens (primary N) is 1. The minimum absolute atomic E-state index is 0.216. The largest absolute Gasteiger partial charge is 0.383 e. The quantitative estimate of drug-likeness (QED) is 0.815. The minimum Gasteiger partial charge on any atom is -0.383 e. The number of anilines is 1. The summed E-state index contributed by atoms with van der Waals surface area (Å²) in [5.74, 6) is 0.0135. The van der Waals surface area contributed by atoms with Gasteiger partial charge in [-0.25, -0.2) is 4.98 Å². The van der Waals surface area contributed by atoms with Gasteiger partial charge in [-0.1, -0.05) is 0 Å². The fourth-order valence-corrected chi connectivity index (χ4v) is 1.93. The summed E-state index contributed by atoms with van der Waals surface area (Å²) in [5.41, 5.74) is 6.05. The molecule has 0 aliphatic carbocycles. The predicted molar refractivity (Wildman–Crippen MR) is 75.5 cm³/mol. The molecule has 2 aromatic rings. The Hall–Kier alpha value is -1.89. The number of aromatic nitrogens is 3. The number of carbonyl (C=O) groups is 1. The SMILES string of the molecule is Nc1ncc(Br)cc1C(=O)NCCCn1cccn1. The monoisotopic (exact) mass is 323 g/mol. The molecule has 0 spiro atoms. The molecule has 7 heteroatoms. The lowest BCUT2D eigenvalue weighted by molar-refractivity contribution is 0.0953. The number of nitrogens with one attached hydrogen (secondary N) is 1. The van der Waals surface area contributed by atoms with Crippen molar-refractivity contribution >= 4 is 27.7 Å². The molecule has 100 valence electrons. The van der Waals surface area contributed by atoms with Gasteiger partial charge in [-0.05, 0) is 34.5 Å². The van der Waals surface area contributed by atoms with Gasteiger partial charge in [0, 0.05) is 36.2 Å². The Balaban J connectivity index is 1.82. The van der Waals surface area contributed by atoms with Gasteiger partial charge in [-0.15, -0.1) is 0 Å². The topological polar surface area (TPSA) is 85.8 Å². The molecule has 0 saturated heterocycles. The standard InChI is InChI=1S/C12H14BrN5O/c13-9-7-10(11(14)16-8-9)12(19)15-3-1-5-18-6-2-4-17-18/h2,4,6-8H,1,3,5H2,(H2,14,16)(H,15,19). The summed E-state index contributed by atoms with van der Waals surface area (Å²) in [6.45, 7) is 1.32. The summed E-state index contributed by atoms with van der Waals surface area (Å²) < 4.78 is 2.55. The zero-order valence-electron chi connectivity index (χ0n) is 10.2. The van der Waals surface area contributed by atoms with Crippen molar-refractivity contribution < 1.29 is 4.79 Å². The van der Waals surface area contributed by atoms with Gasteiger partial charge in [-0.3, -0.25) is 9.48 Å². The molecule has 19 heavy (non-hydrogen) atoms. The van der Waals surface area contributed by atoms with Gasteiger partial charge < -0.3 is 11.1 Å². The summed E-state index contributed by atoms with van der Waals surface area (Å²) in [7, 11) is 0. The Morgan fingerprint density at radius 1 is 1.53 bits per heavy atom.